The molecule has 170 valence electrons. The number of halogens is 3. The second-order valence-electron chi connectivity index (χ2n) is 7.19. The number of carbonyl (C=O) groups is 1. The normalized spacial score (nSPS) is 11.6. The highest BCUT2D eigenvalue weighted by molar-refractivity contribution is 7.98. The third-order valence-corrected chi connectivity index (χ3v) is 4.87. The van der Waals surface area contributed by atoms with Gasteiger partial charge in [0.1, 0.15) is 5.75 Å². The molecule has 0 spiro atoms. The van der Waals surface area contributed by atoms with Crippen molar-refractivity contribution in [3.05, 3.63) is 53.1 Å². The number of thioether (sulfide) groups is 1. The van der Waals surface area contributed by atoms with E-state index < -0.39 is 12.3 Å². The Labute approximate surface area is 186 Å². The van der Waals surface area contributed by atoms with Crippen molar-refractivity contribution in [1.29, 1.82) is 0 Å². The van der Waals surface area contributed by atoms with Crippen molar-refractivity contribution >= 4 is 17.7 Å². The zero-order valence-electron chi connectivity index (χ0n) is 17.8. The van der Waals surface area contributed by atoms with Crippen LogP contribution in [0.1, 0.15) is 41.4 Å². The van der Waals surface area contributed by atoms with E-state index >= 15 is 0 Å². The Balaban J connectivity index is 1.93. The van der Waals surface area contributed by atoms with Crippen LogP contribution in [0.3, 0.4) is 0 Å². The lowest BCUT2D eigenvalue weighted by molar-refractivity contribution is -0.274. The molecule has 1 N–H and O–H groups in total. The summed E-state index contributed by atoms with van der Waals surface area (Å²) in [4.78, 5) is 21.4. The maximum absolute atomic E-state index is 12.6. The zero-order chi connectivity index (χ0) is 23.5. The van der Waals surface area contributed by atoms with Crippen LogP contribution in [0.25, 0.3) is 5.69 Å². The van der Waals surface area contributed by atoms with E-state index in [1.165, 1.54) is 40.7 Å². The van der Waals surface area contributed by atoms with Gasteiger partial charge in [0.25, 0.3) is 5.91 Å². The summed E-state index contributed by atoms with van der Waals surface area (Å²) in [7, 11) is 0. The molecule has 2 aromatic heterocycles. The predicted octanol–water partition coefficient (Wildman–Crippen LogP) is 4.00. The minimum atomic E-state index is -4.79. The molecular formula is C20H21F3N6O2S. The number of aryl methyl sites for hydroxylation is 2. The molecule has 0 bridgehead atoms. The number of ether oxygens (including phenoxy) is 1. The average Bonchev–Trinajstić information content (AvgIpc) is 3.08. The quantitative estimate of drug-likeness (QED) is 0.415. The highest BCUT2D eigenvalue weighted by atomic mass is 32.2. The van der Waals surface area contributed by atoms with Crippen LogP contribution in [0.5, 0.6) is 5.75 Å². The maximum atomic E-state index is 12.6. The fourth-order valence-electron chi connectivity index (χ4n) is 2.83. The van der Waals surface area contributed by atoms with Crippen LogP contribution in [0.15, 0.2) is 35.5 Å². The SMILES string of the molecule is Cc1cc(C)nc(SCc2c(C(=O)NC(C)C)nnn2-c2ccc(OC(F)(F)F)cc2)n1. The Hall–Kier alpha value is -3.15. The molecule has 0 aliphatic rings. The summed E-state index contributed by atoms with van der Waals surface area (Å²) in [6.07, 6.45) is -4.79. The van der Waals surface area contributed by atoms with E-state index in [1.807, 2.05) is 33.8 Å². The van der Waals surface area contributed by atoms with Gasteiger partial charge in [-0.05, 0) is 58.0 Å². The van der Waals surface area contributed by atoms with Gasteiger partial charge in [-0.25, -0.2) is 14.6 Å². The summed E-state index contributed by atoms with van der Waals surface area (Å²) in [6, 6.07) is 6.88. The second-order valence-corrected chi connectivity index (χ2v) is 8.13. The molecule has 0 radical (unpaired) electrons. The Morgan fingerprint density at radius 3 is 2.34 bits per heavy atom. The first-order valence-electron chi connectivity index (χ1n) is 9.58. The van der Waals surface area contributed by atoms with E-state index in [9.17, 15) is 18.0 Å². The Morgan fingerprint density at radius 2 is 1.78 bits per heavy atom. The standard InChI is InChI=1S/C20H21F3N6O2S/c1-11(2)24-18(30)17-16(10-32-19-25-12(3)9-13(4)26-19)29(28-27-17)14-5-7-15(8-6-14)31-20(21,22)23/h5-9,11H,10H2,1-4H3,(H,24,30). The van der Waals surface area contributed by atoms with Crippen LogP contribution in [-0.2, 0) is 5.75 Å². The van der Waals surface area contributed by atoms with Gasteiger partial charge in [-0.2, -0.15) is 0 Å². The summed E-state index contributed by atoms with van der Waals surface area (Å²) in [6.45, 7) is 7.35. The summed E-state index contributed by atoms with van der Waals surface area (Å²) in [5.41, 5.74) is 2.62. The molecule has 3 rings (SSSR count). The Morgan fingerprint density at radius 1 is 1.16 bits per heavy atom. The third kappa shape index (κ3) is 6.19. The maximum Gasteiger partial charge on any atom is 0.573 e. The Bertz CT molecular complexity index is 1080. The van der Waals surface area contributed by atoms with Gasteiger partial charge >= 0.3 is 6.36 Å². The number of hydrogen-bond acceptors (Lipinski definition) is 7. The van der Waals surface area contributed by atoms with Crippen LogP contribution in [0.4, 0.5) is 13.2 Å². The van der Waals surface area contributed by atoms with Crippen LogP contribution < -0.4 is 10.1 Å². The van der Waals surface area contributed by atoms with E-state index in [0.717, 1.165) is 11.4 Å². The molecule has 0 aliphatic carbocycles. The molecule has 12 heteroatoms. The van der Waals surface area contributed by atoms with E-state index in [1.54, 1.807) is 0 Å². The summed E-state index contributed by atoms with van der Waals surface area (Å²) in [5, 5.41) is 11.4. The van der Waals surface area contributed by atoms with Gasteiger partial charge in [-0.3, -0.25) is 4.79 Å². The van der Waals surface area contributed by atoms with E-state index in [0.29, 0.717) is 16.5 Å². The minimum Gasteiger partial charge on any atom is -0.406 e. The highest BCUT2D eigenvalue weighted by Crippen LogP contribution is 2.26. The van der Waals surface area contributed by atoms with Gasteiger partial charge < -0.3 is 10.1 Å². The molecule has 0 unspecified atom stereocenters. The smallest absolute Gasteiger partial charge is 0.406 e. The molecule has 2 heterocycles. The molecule has 8 nitrogen and oxygen atoms in total. The fourth-order valence-corrected chi connectivity index (χ4v) is 3.77. The number of alkyl halides is 3. The number of nitrogens with zero attached hydrogens (tertiary/aromatic N) is 5. The Kier molecular flexibility index (Phi) is 7.02. The van der Waals surface area contributed by atoms with Crippen LogP contribution >= 0.6 is 11.8 Å². The van der Waals surface area contributed by atoms with Crippen molar-refractivity contribution in [2.24, 2.45) is 0 Å². The molecule has 1 aromatic carbocycles. The lowest BCUT2D eigenvalue weighted by Crippen LogP contribution is -2.31. The topological polar surface area (TPSA) is 94.8 Å². The van der Waals surface area contributed by atoms with Crippen LogP contribution in [0.2, 0.25) is 0 Å². The van der Waals surface area contributed by atoms with E-state index in [4.69, 9.17) is 0 Å². The summed E-state index contributed by atoms with van der Waals surface area (Å²) < 4.78 is 42.6. The average molecular weight is 466 g/mol. The van der Waals surface area contributed by atoms with Crippen LogP contribution in [0, 0.1) is 13.8 Å². The van der Waals surface area contributed by atoms with Gasteiger partial charge in [-0.15, -0.1) is 18.3 Å². The fraction of sp³-hybridized carbons (Fsp3) is 0.350. The number of carbonyl (C=O) groups excluding carboxylic acids is 1. The molecular weight excluding hydrogens is 445 g/mol. The van der Waals surface area contributed by atoms with Crippen LogP contribution in [-0.4, -0.2) is 43.3 Å². The predicted molar refractivity (Wildman–Crippen MR) is 112 cm³/mol. The van der Waals surface area contributed by atoms with Gasteiger partial charge in [0.05, 0.1) is 11.4 Å². The molecule has 32 heavy (non-hydrogen) atoms. The number of nitrogens with one attached hydrogen (secondary N) is 1. The largest absolute Gasteiger partial charge is 0.573 e. The van der Waals surface area contributed by atoms with Crippen molar-refractivity contribution in [2.45, 2.75) is 51.0 Å². The molecule has 0 atom stereocenters. The van der Waals surface area contributed by atoms with Gasteiger partial charge in [0.2, 0.25) is 0 Å². The van der Waals surface area contributed by atoms with Gasteiger partial charge in [-0.1, -0.05) is 17.0 Å². The van der Waals surface area contributed by atoms with E-state index in [-0.39, 0.29) is 23.2 Å². The van der Waals surface area contributed by atoms with Crippen molar-refractivity contribution in [3.8, 4) is 11.4 Å². The van der Waals surface area contributed by atoms with Gasteiger partial charge in [0.15, 0.2) is 10.9 Å². The monoisotopic (exact) mass is 466 g/mol. The van der Waals surface area contributed by atoms with Crippen molar-refractivity contribution < 1.29 is 22.7 Å². The molecule has 1 amide bonds. The summed E-state index contributed by atoms with van der Waals surface area (Å²) in [5.74, 6) is -0.503. The minimum absolute atomic E-state index is 0.116. The lowest BCUT2D eigenvalue weighted by atomic mass is 10.2. The highest BCUT2D eigenvalue weighted by Gasteiger charge is 2.31. The first-order chi connectivity index (χ1) is 15.0. The molecule has 0 fully saturated rings. The number of amides is 1. The van der Waals surface area contributed by atoms with Crippen molar-refractivity contribution in [2.75, 3.05) is 0 Å². The van der Waals surface area contributed by atoms with Crippen molar-refractivity contribution in [1.82, 2.24) is 30.3 Å². The van der Waals surface area contributed by atoms with E-state index in [2.05, 4.69) is 30.3 Å². The van der Waals surface area contributed by atoms with Gasteiger partial charge in [0, 0.05) is 23.2 Å². The summed E-state index contributed by atoms with van der Waals surface area (Å²) >= 11 is 1.30. The zero-order valence-corrected chi connectivity index (χ0v) is 18.6. The first-order valence-corrected chi connectivity index (χ1v) is 10.6. The molecule has 0 saturated carbocycles. The third-order valence-electron chi connectivity index (χ3n) is 4.01. The van der Waals surface area contributed by atoms with Crippen molar-refractivity contribution in [3.63, 3.8) is 0 Å². The number of rotatable bonds is 7. The number of hydrogen-bond donors (Lipinski definition) is 1. The molecule has 3 aromatic rings. The first kappa shape index (κ1) is 23.5. The second kappa shape index (κ2) is 9.55. The molecule has 0 aliphatic heterocycles. The number of benzene rings is 1. The molecule has 0 saturated heterocycles. The lowest BCUT2D eigenvalue weighted by Gasteiger charge is -2.11. The number of aromatic nitrogens is 5.